The number of benzene rings is 3. The van der Waals surface area contributed by atoms with Crippen LogP contribution in [0.4, 0.5) is 16.2 Å². The van der Waals surface area contributed by atoms with Gasteiger partial charge in [0.15, 0.2) is 0 Å². The second-order valence-electron chi connectivity index (χ2n) is 6.04. The largest absolute Gasteiger partial charge is 0.489 e. The Morgan fingerprint density at radius 3 is 2.18 bits per heavy atom. The molecule has 3 rings (SSSR count). The summed E-state index contributed by atoms with van der Waals surface area (Å²) in [6.45, 7) is 0.470. The van der Waals surface area contributed by atoms with Crippen LogP contribution in [0.25, 0.3) is 0 Å². The Balaban J connectivity index is 1.58. The highest BCUT2D eigenvalue weighted by Gasteiger charge is 2.08. The van der Waals surface area contributed by atoms with Crippen LogP contribution >= 0.6 is 0 Å². The fourth-order valence-electron chi connectivity index (χ4n) is 2.52. The molecule has 0 atom stereocenters. The first kappa shape index (κ1) is 19.0. The van der Waals surface area contributed by atoms with Crippen molar-refractivity contribution in [1.82, 2.24) is 5.32 Å². The van der Waals surface area contributed by atoms with Gasteiger partial charge in [-0.25, -0.2) is 4.79 Å². The average Bonchev–Trinajstić information content (AvgIpc) is 2.73. The predicted octanol–water partition coefficient (Wildman–Crippen LogP) is 4.27. The van der Waals surface area contributed by atoms with Crippen LogP contribution in [0.2, 0.25) is 0 Å². The molecule has 0 aliphatic rings. The third-order valence-electron chi connectivity index (χ3n) is 3.97. The average molecular weight is 375 g/mol. The van der Waals surface area contributed by atoms with E-state index in [9.17, 15) is 9.59 Å². The molecule has 0 aromatic heterocycles. The maximum atomic E-state index is 12.4. The minimum absolute atomic E-state index is 0.244. The van der Waals surface area contributed by atoms with Crippen LogP contribution < -0.4 is 20.7 Å². The standard InChI is InChI=1S/C22H21N3O3/c1-23-22(27)25-19-9-5-8-18(14-19)24-21(26)17-10-12-20(13-11-17)28-15-16-6-3-2-4-7-16/h2-14H,15H2,1H3,(H,24,26)(H2,23,25,27). The molecule has 6 heteroatoms. The molecule has 0 spiro atoms. The Morgan fingerprint density at radius 1 is 0.821 bits per heavy atom. The second kappa shape index (κ2) is 9.23. The van der Waals surface area contributed by atoms with Crippen LogP contribution in [-0.4, -0.2) is 19.0 Å². The number of nitrogens with one attached hydrogen (secondary N) is 3. The van der Waals surface area contributed by atoms with Gasteiger partial charge in [0.2, 0.25) is 0 Å². The minimum atomic E-state index is -0.324. The first-order valence-corrected chi connectivity index (χ1v) is 8.81. The number of anilines is 2. The zero-order valence-electron chi connectivity index (χ0n) is 15.4. The summed E-state index contributed by atoms with van der Waals surface area (Å²) in [5.74, 6) is 0.448. The number of carbonyl (C=O) groups is 2. The van der Waals surface area contributed by atoms with Crippen molar-refractivity contribution in [2.24, 2.45) is 0 Å². The van der Waals surface area contributed by atoms with Gasteiger partial charge < -0.3 is 20.7 Å². The molecule has 3 aromatic carbocycles. The van der Waals surface area contributed by atoms with Crippen LogP contribution in [0.1, 0.15) is 15.9 Å². The number of amides is 3. The van der Waals surface area contributed by atoms with Crippen molar-refractivity contribution in [3.63, 3.8) is 0 Å². The third kappa shape index (κ3) is 5.35. The van der Waals surface area contributed by atoms with Gasteiger partial charge in [-0.05, 0) is 48.0 Å². The van der Waals surface area contributed by atoms with Gasteiger partial charge in [0.1, 0.15) is 12.4 Å². The Bertz CT molecular complexity index is 941. The maximum absolute atomic E-state index is 12.4. The molecule has 142 valence electrons. The van der Waals surface area contributed by atoms with Crippen LogP contribution in [0.15, 0.2) is 78.9 Å². The molecule has 3 aromatic rings. The second-order valence-corrected chi connectivity index (χ2v) is 6.04. The number of ether oxygens (including phenoxy) is 1. The van der Waals surface area contributed by atoms with E-state index in [2.05, 4.69) is 16.0 Å². The van der Waals surface area contributed by atoms with E-state index in [0.717, 1.165) is 5.56 Å². The summed E-state index contributed by atoms with van der Waals surface area (Å²) in [7, 11) is 1.54. The number of hydrogen-bond donors (Lipinski definition) is 3. The van der Waals surface area contributed by atoms with Crippen LogP contribution in [-0.2, 0) is 6.61 Å². The van der Waals surface area contributed by atoms with E-state index in [0.29, 0.717) is 29.3 Å². The monoisotopic (exact) mass is 375 g/mol. The van der Waals surface area contributed by atoms with Crippen molar-refractivity contribution < 1.29 is 14.3 Å². The zero-order chi connectivity index (χ0) is 19.8. The van der Waals surface area contributed by atoms with Crippen molar-refractivity contribution in [2.75, 3.05) is 17.7 Å². The van der Waals surface area contributed by atoms with E-state index in [1.165, 1.54) is 7.05 Å². The number of carbonyl (C=O) groups excluding carboxylic acids is 2. The van der Waals surface area contributed by atoms with Crippen LogP contribution in [0, 0.1) is 0 Å². The number of hydrogen-bond acceptors (Lipinski definition) is 3. The summed E-state index contributed by atoms with van der Waals surface area (Å²) in [4.78, 5) is 23.8. The van der Waals surface area contributed by atoms with Crippen molar-refractivity contribution in [1.29, 1.82) is 0 Å². The Hall–Kier alpha value is -3.80. The summed E-state index contributed by atoms with van der Waals surface area (Å²) in [6, 6.07) is 23.4. The summed E-state index contributed by atoms with van der Waals surface area (Å²) in [5, 5.41) is 7.95. The van der Waals surface area contributed by atoms with Crippen molar-refractivity contribution in [3.8, 4) is 5.75 Å². The van der Waals surface area contributed by atoms with Gasteiger partial charge in [0.05, 0.1) is 0 Å². The normalized spacial score (nSPS) is 10.0. The van der Waals surface area contributed by atoms with Crippen molar-refractivity contribution in [3.05, 3.63) is 90.0 Å². The number of urea groups is 1. The Labute approximate surface area is 163 Å². The molecule has 0 saturated heterocycles. The third-order valence-corrected chi connectivity index (χ3v) is 3.97. The molecule has 6 nitrogen and oxygen atoms in total. The SMILES string of the molecule is CNC(=O)Nc1cccc(NC(=O)c2ccc(OCc3ccccc3)cc2)c1. The van der Waals surface area contributed by atoms with Crippen molar-refractivity contribution in [2.45, 2.75) is 6.61 Å². The predicted molar refractivity (Wildman–Crippen MR) is 110 cm³/mol. The molecular formula is C22H21N3O3. The minimum Gasteiger partial charge on any atom is -0.489 e. The zero-order valence-corrected chi connectivity index (χ0v) is 15.4. The fraction of sp³-hybridized carbons (Fsp3) is 0.0909. The maximum Gasteiger partial charge on any atom is 0.318 e. The summed E-state index contributed by atoms with van der Waals surface area (Å²) in [6.07, 6.45) is 0. The van der Waals surface area contributed by atoms with E-state index in [-0.39, 0.29) is 11.9 Å². The van der Waals surface area contributed by atoms with Gasteiger partial charge in [0.25, 0.3) is 5.91 Å². The first-order valence-electron chi connectivity index (χ1n) is 8.81. The molecule has 0 bridgehead atoms. The quantitative estimate of drug-likeness (QED) is 0.602. The summed E-state index contributed by atoms with van der Waals surface area (Å²) < 4.78 is 5.73. The van der Waals surface area contributed by atoms with Gasteiger partial charge in [-0.15, -0.1) is 0 Å². The van der Waals surface area contributed by atoms with E-state index < -0.39 is 0 Å². The lowest BCUT2D eigenvalue weighted by Gasteiger charge is -2.10. The lowest BCUT2D eigenvalue weighted by atomic mass is 10.2. The lowest BCUT2D eigenvalue weighted by Crippen LogP contribution is -2.24. The van der Waals surface area contributed by atoms with E-state index in [4.69, 9.17) is 4.74 Å². The molecule has 0 aliphatic carbocycles. The molecule has 3 N–H and O–H groups in total. The highest BCUT2D eigenvalue weighted by atomic mass is 16.5. The van der Waals surface area contributed by atoms with E-state index in [1.54, 1.807) is 48.5 Å². The molecule has 28 heavy (non-hydrogen) atoms. The molecule has 0 radical (unpaired) electrons. The van der Waals surface area contributed by atoms with Crippen molar-refractivity contribution >= 4 is 23.3 Å². The molecule has 0 unspecified atom stereocenters. The van der Waals surface area contributed by atoms with Gasteiger partial charge >= 0.3 is 6.03 Å². The molecule has 3 amide bonds. The van der Waals surface area contributed by atoms with Gasteiger partial charge in [0, 0.05) is 24.0 Å². The molecule has 0 aliphatic heterocycles. The van der Waals surface area contributed by atoms with Gasteiger partial charge in [-0.1, -0.05) is 36.4 Å². The molecule has 0 fully saturated rings. The van der Waals surface area contributed by atoms with Crippen LogP contribution in [0.5, 0.6) is 5.75 Å². The number of rotatable bonds is 6. The van der Waals surface area contributed by atoms with E-state index in [1.807, 2.05) is 30.3 Å². The highest BCUT2D eigenvalue weighted by Crippen LogP contribution is 2.18. The van der Waals surface area contributed by atoms with E-state index >= 15 is 0 Å². The first-order chi connectivity index (χ1) is 13.6. The summed E-state index contributed by atoms with van der Waals surface area (Å²) >= 11 is 0. The van der Waals surface area contributed by atoms with Gasteiger partial charge in [-0.2, -0.15) is 0 Å². The topological polar surface area (TPSA) is 79.5 Å². The molecule has 0 heterocycles. The lowest BCUT2D eigenvalue weighted by molar-refractivity contribution is 0.102. The Morgan fingerprint density at radius 2 is 1.50 bits per heavy atom. The smallest absolute Gasteiger partial charge is 0.318 e. The molecule has 0 saturated carbocycles. The van der Waals surface area contributed by atoms with Gasteiger partial charge in [-0.3, -0.25) is 4.79 Å². The van der Waals surface area contributed by atoms with Crippen LogP contribution in [0.3, 0.4) is 0 Å². The fourth-order valence-corrected chi connectivity index (χ4v) is 2.52. The Kier molecular flexibility index (Phi) is 6.25. The molecular weight excluding hydrogens is 354 g/mol. The highest BCUT2D eigenvalue weighted by molar-refractivity contribution is 6.04. The summed E-state index contributed by atoms with van der Waals surface area (Å²) in [5.41, 5.74) is 2.76.